The van der Waals surface area contributed by atoms with Gasteiger partial charge in [-0.05, 0) is 118 Å². The molecule has 0 bridgehead atoms. The smallest absolute Gasteiger partial charge is 0.137 e. The monoisotopic (exact) mass is 762 g/mol. The Morgan fingerprint density at radius 2 is 0.772 bits per heavy atom. The lowest BCUT2D eigenvalue weighted by molar-refractivity contribution is 0.670. The van der Waals surface area contributed by atoms with Gasteiger partial charge in [-0.1, -0.05) is 84.9 Å². The molecule has 0 saturated heterocycles. The van der Waals surface area contributed by atoms with Gasteiger partial charge in [0.25, 0.3) is 0 Å². The molecule has 0 N–H and O–H groups in total. The highest BCUT2D eigenvalue weighted by Gasteiger charge is 2.22. The van der Waals surface area contributed by atoms with Crippen molar-refractivity contribution in [3.63, 3.8) is 0 Å². The summed E-state index contributed by atoms with van der Waals surface area (Å²) in [5.74, 6) is 0. The highest BCUT2D eigenvalue weighted by molar-refractivity contribution is 7.19. The molecule has 0 saturated carbocycles. The molecule has 5 heteroatoms. The number of benzene rings is 8. The first-order valence-corrected chi connectivity index (χ1v) is 21.0. The van der Waals surface area contributed by atoms with Crippen molar-refractivity contribution in [1.29, 1.82) is 0 Å². The van der Waals surface area contributed by atoms with Crippen molar-refractivity contribution in [2.75, 3.05) is 0 Å². The molecule has 13 aromatic rings. The molecule has 5 aromatic heterocycles. The zero-order valence-electron chi connectivity index (χ0n) is 30.4. The lowest BCUT2D eigenvalue weighted by Crippen LogP contribution is -1.92. The van der Waals surface area contributed by atoms with Crippen LogP contribution in [0.3, 0.4) is 0 Å². The van der Waals surface area contributed by atoms with E-state index in [4.69, 9.17) is 4.42 Å². The molecule has 266 valence electrons. The Morgan fingerprint density at radius 3 is 1.25 bits per heavy atom. The first-order valence-electron chi connectivity index (χ1n) is 19.2. The molecule has 13 rings (SSSR count). The van der Waals surface area contributed by atoms with E-state index >= 15 is 0 Å². The summed E-state index contributed by atoms with van der Waals surface area (Å²) >= 11 is 3.61. The van der Waals surface area contributed by atoms with E-state index < -0.39 is 0 Å². The van der Waals surface area contributed by atoms with E-state index in [1.807, 2.05) is 0 Å². The maximum absolute atomic E-state index is 6.98. The lowest BCUT2D eigenvalue weighted by Gasteiger charge is -2.09. The molecular formula is C52H30N2OS2. The van der Waals surface area contributed by atoms with Crippen molar-refractivity contribution in [3.05, 3.63) is 181 Å². The minimum atomic E-state index is 0.926. The Labute approximate surface area is 334 Å². The van der Waals surface area contributed by atoms with E-state index in [9.17, 15) is 0 Å². The Balaban J connectivity index is 1.02. The van der Waals surface area contributed by atoms with Crippen LogP contribution in [-0.4, -0.2) is 9.13 Å². The molecule has 0 aliphatic heterocycles. The molecule has 8 aromatic carbocycles. The van der Waals surface area contributed by atoms with Gasteiger partial charge in [0.05, 0.1) is 22.1 Å². The van der Waals surface area contributed by atoms with Crippen LogP contribution in [0.2, 0.25) is 0 Å². The summed E-state index contributed by atoms with van der Waals surface area (Å²) in [6.07, 6.45) is 0. The maximum Gasteiger partial charge on any atom is 0.137 e. The van der Waals surface area contributed by atoms with Crippen molar-refractivity contribution in [2.24, 2.45) is 0 Å². The summed E-state index contributed by atoms with van der Waals surface area (Å²) in [6.45, 7) is 0. The predicted octanol–water partition coefficient (Wildman–Crippen LogP) is 15.5. The SMILES string of the molecule is c1ccc(-n2c3ccccc3c3cc(-c4cc5oc6cc(-c7ccc8c(c7)c7ccccc7n8-c7ccccc7)c7ccsc7c6c5c5sccc45)ccc32)cc1. The Kier molecular flexibility index (Phi) is 6.48. The molecule has 0 spiro atoms. The lowest BCUT2D eigenvalue weighted by atomic mass is 9.96. The Morgan fingerprint density at radius 1 is 0.351 bits per heavy atom. The Bertz CT molecular complexity index is 3500. The van der Waals surface area contributed by atoms with Crippen LogP contribution in [0, 0.1) is 0 Å². The summed E-state index contributed by atoms with van der Waals surface area (Å²) in [5.41, 5.74) is 13.8. The normalized spacial score (nSPS) is 12.2. The molecule has 3 nitrogen and oxygen atoms in total. The average molecular weight is 763 g/mol. The number of aromatic nitrogens is 2. The summed E-state index contributed by atoms with van der Waals surface area (Å²) in [7, 11) is 0. The van der Waals surface area contributed by atoms with Gasteiger partial charge in [0.15, 0.2) is 0 Å². The summed E-state index contributed by atoms with van der Waals surface area (Å²) in [4.78, 5) is 0. The van der Waals surface area contributed by atoms with Crippen molar-refractivity contribution >= 4 is 108 Å². The third kappa shape index (κ3) is 4.41. The second-order valence-corrected chi connectivity index (χ2v) is 16.7. The molecule has 0 fully saturated rings. The number of para-hydroxylation sites is 4. The zero-order valence-corrected chi connectivity index (χ0v) is 32.1. The third-order valence-electron chi connectivity index (χ3n) is 11.9. The minimum Gasteiger partial charge on any atom is -0.456 e. The Hall–Kier alpha value is -6.92. The van der Waals surface area contributed by atoms with E-state index in [0.29, 0.717) is 0 Å². The number of hydrogen-bond donors (Lipinski definition) is 0. The van der Waals surface area contributed by atoms with E-state index in [1.165, 1.54) is 108 Å². The molecule has 0 radical (unpaired) electrons. The quantitative estimate of drug-likeness (QED) is 0.175. The van der Waals surface area contributed by atoms with Crippen molar-refractivity contribution in [2.45, 2.75) is 0 Å². The molecule has 57 heavy (non-hydrogen) atoms. The van der Waals surface area contributed by atoms with Gasteiger partial charge in [0, 0.05) is 63.9 Å². The molecule has 5 heterocycles. The van der Waals surface area contributed by atoms with E-state index in [1.54, 1.807) is 22.7 Å². The van der Waals surface area contributed by atoms with Gasteiger partial charge in [-0.25, -0.2) is 0 Å². The van der Waals surface area contributed by atoms with Gasteiger partial charge >= 0.3 is 0 Å². The van der Waals surface area contributed by atoms with E-state index in [2.05, 4.69) is 190 Å². The van der Waals surface area contributed by atoms with Gasteiger partial charge in [-0.15, -0.1) is 22.7 Å². The summed E-state index contributed by atoms with van der Waals surface area (Å²) in [5, 5.41) is 14.4. The van der Waals surface area contributed by atoms with Crippen molar-refractivity contribution in [1.82, 2.24) is 9.13 Å². The second kappa shape index (κ2) is 11.8. The van der Waals surface area contributed by atoms with E-state index in [0.717, 1.165) is 11.2 Å². The van der Waals surface area contributed by atoms with Crippen molar-refractivity contribution < 1.29 is 4.42 Å². The number of rotatable bonds is 4. The molecule has 0 atom stereocenters. The fraction of sp³-hybridized carbons (Fsp3) is 0. The van der Waals surface area contributed by atoms with Gasteiger partial charge in [-0.3, -0.25) is 0 Å². The largest absolute Gasteiger partial charge is 0.456 e. The molecule has 0 unspecified atom stereocenters. The van der Waals surface area contributed by atoms with Crippen LogP contribution in [0.4, 0.5) is 0 Å². The second-order valence-electron chi connectivity index (χ2n) is 14.9. The highest BCUT2D eigenvalue weighted by Crippen LogP contribution is 2.48. The third-order valence-corrected chi connectivity index (χ3v) is 13.7. The molecule has 0 amide bonds. The zero-order chi connectivity index (χ0) is 37.2. The fourth-order valence-electron chi connectivity index (χ4n) is 9.44. The van der Waals surface area contributed by atoms with Crippen LogP contribution in [0.5, 0.6) is 0 Å². The minimum absolute atomic E-state index is 0.926. The van der Waals surface area contributed by atoms with E-state index in [-0.39, 0.29) is 0 Å². The fourth-order valence-corrected chi connectivity index (χ4v) is 11.4. The summed E-state index contributed by atoms with van der Waals surface area (Å²) < 4.78 is 14.3. The summed E-state index contributed by atoms with van der Waals surface area (Å²) in [6, 6.07) is 61.8. The van der Waals surface area contributed by atoms with Gasteiger partial charge < -0.3 is 13.6 Å². The average Bonchev–Trinajstić information content (AvgIpc) is 4.11. The highest BCUT2D eigenvalue weighted by atomic mass is 32.1. The predicted molar refractivity (Wildman–Crippen MR) is 244 cm³/mol. The number of hydrogen-bond acceptors (Lipinski definition) is 3. The molecule has 0 aliphatic rings. The molecule has 0 aliphatic carbocycles. The van der Waals surface area contributed by atoms with Crippen LogP contribution >= 0.6 is 22.7 Å². The first kappa shape index (κ1) is 31.3. The topological polar surface area (TPSA) is 23.0 Å². The van der Waals surface area contributed by atoms with Crippen LogP contribution in [0.1, 0.15) is 0 Å². The van der Waals surface area contributed by atoms with Crippen LogP contribution < -0.4 is 0 Å². The van der Waals surface area contributed by atoms with Gasteiger partial charge in [-0.2, -0.15) is 0 Å². The van der Waals surface area contributed by atoms with Crippen molar-refractivity contribution in [3.8, 4) is 33.6 Å². The van der Waals surface area contributed by atoms with Crippen LogP contribution in [-0.2, 0) is 0 Å². The molecular weight excluding hydrogens is 733 g/mol. The van der Waals surface area contributed by atoms with Gasteiger partial charge in [0.1, 0.15) is 11.2 Å². The number of thiophene rings is 2. The number of furan rings is 1. The maximum atomic E-state index is 6.98. The number of fused-ring (bicyclic) bond motifs is 13. The standard InChI is InChI=1S/C52H30N2OS2/c1-3-11-33(12-4-1)53-43-17-9-7-15-35(43)41-27-31(19-21-45(41)53)39-29-47-49(51-37(39)23-25-56-51)50-48(55-47)30-40(38-24-26-57-52(38)50)32-20-22-46-42(28-32)36-16-8-10-18-44(36)54(46)34-13-5-2-6-14-34/h1-30H. The number of nitrogens with zero attached hydrogens (tertiary/aromatic N) is 2. The first-order chi connectivity index (χ1) is 28.3. The van der Waals surface area contributed by atoms with Gasteiger partial charge in [0.2, 0.25) is 0 Å². The van der Waals surface area contributed by atoms with Crippen LogP contribution in [0.25, 0.3) is 119 Å². The van der Waals surface area contributed by atoms with Crippen LogP contribution in [0.15, 0.2) is 185 Å².